The third kappa shape index (κ3) is 5.22. The van der Waals surface area contributed by atoms with Crippen molar-refractivity contribution in [2.45, 2.75) is 38.3 Å². The number of benzene rings is 2. The van der Waals surface area contributed by atoms with Crippen LogP contribution in [0.15, 0.2) is 60.7 Å². The monoisotopic (exact) mass is 492 g/mol. The molecule has 2 N–H and O–H groups in total. The molecule has 0 bridgehead atoms. The molecule has 0 spiro atoms. The minimum atomic E-state index is -1.24. The molecule has 2 atom stereocenters. The van der Waals surface area contributed by atoms with Crippen molar-refractivity contribution in [2.24, 2.45) is 0 Å². The van der Waals surface area contributed by atoms with E-state index in [1.807, 2.05) is 74.5 Å². The first-order valence-corrected chi connectivity index (χ1v) is 12.2. The molecule has 1 aromatic heterocycles. The molecule has 0 saturated heterocycles. The summed E-state index contributed by atoms with van der Waals surface area (Å²) in [5.41, 5.74) is 4.35. The molecule has 35 heavy (non-hydrogen) atoms. The van der Waals surface area contributed by atoms with Crippen LogP contribution in [-0.2, 0) is 14.3 Å². The van der Waals surface area contributed by atoms with E-state index >= 15 is 0 Å². The van der Waals surface area contributed by atoms with Gasteiger partial charge >= 0.3 is 12.1 Å². The number of aliphatic carboxylic acids is 1. The lowest BCUT2D eigenvalue weighted by atomic mass is 9.98. The third-order valence-electron chi connectivity index (χ3n) is 6.41. The van der Waals surface area contributed by atoms with Crippen LogP contribution >= 0.6 is 11.3 Å². The van der Waals surface area contributed by atoms with Crippen molar-refractivity contribution in [1.82, 2.24) is 10.2 Å². The Bertz CT molecular complexity index is 1210. The van der Waals surface area contributed by atoms with Gasteiger partial charge in [-0.3, -0.25) is 9.59 Å². The number of nitrogens with zero attached hydrogens (tertiary/aromatic N) is 1. The van der Waals surface area contributed by atoms with Gasteiger partial charge in [0.1, 0.15) is 12.6 Å². The fourth-order valence-electron chi connectivity index (χ4n) is 4.46. The molecule has 0 fully saturated rings. The number of hydrogen-bond acceptors (Lipinski definition) is 5. The number of carboxylic acids is 1. The molecular weight excluding hydrogens is 464 g/mol. The number of ether oxygens (including phenoxy) is 1. The summed E-state index contributed by atoms with van der Waals surface area (Å²) >= 11 is 1.57. The van der Waals surface area contributed by atoms with Crippen molar-refractivity contribution < 1.29 is 24.2 Å². The summed E-state index contributed by atoms with van der Waals surface area (Å²) in [6.07, 6.45) is -1.36. The summed E-state index contributed by atoms with van der Waals surface area (Å²) in [7, 11) is 1.61. The molecule has 2 amide bonds. The second-order valence-corrected chi connectivity index (χ2v) is 10.0. The maximum atomic E-state index is 13.1. The average Bonchev–Trinajstić information content (AvgIpc) is 3.42. The Kier molecular flexibility index (Phi) is 7.21. The van der Waals surface area contributed by atoms with Crippen molar-refractivity contribution in [3.8, 4) is 11.1 Å². The largest absolute Gasteiger partial charge is 0.481 e. The van der Waals surface area contributed by atoms with Crippen LogP contribution in [-0.4, -0.2) is 47.7 Å². The Morgan fingerprint density at radius 3 is 2.17 bits per heavy atom. The molecule has 182 valence electrons. The highest BCUT2D eigenvalue weighted by Gasteiger charge is 2.32. The van der Waals surface area contributed by atoms with Gasteiger partial charge in [0, 0.05) is 22.7 Å². The number of carbonyl (C=O) groups excluding carboxylic acids is 2. The number of nitrogens with one attached hydrogen (secondary N) is 1. The Hall–Kier alpha value is -3.65. The molecule has 3 aromatic rings. The second kappa shape index (κ2) is 10.3. The molecule has 1 aliphatic rings. The zero-order chi connectivity index (χ0) is 25.1. The molecule has 1 heterocycles. The first-order chi connectivity index (χ1) is 16.8. The van der Waals surface area contributed by atoms with Crippen LogP contribution in [0.2, 0.25) is 0 Å². The highest BCUT2D eigenvalue weighted by molar-refractivity contribution is 7.12. The Balaban J connectivity index is 1.44. The molecular formula is C27H28N2O5S. The smallest absolute Gasteiger partial charge is 0.407 e. The number of likely N-dealkylation sites (N-methyl/N-ethyl adjacent to an activating group) is 1. The van der Waals surface area contributed by atoms with E-state index in [9.17, 15) is 19.5 Å². The van der Waals surface area contributed by atoms with E-state index in [2.05, 4.69) is 5.32 Å². The predicted molar refractivity (Wildman–Crippen MR) is 134 cm³/mol. The molecule has 1 aliphatic carbocycles. The van der Waals surface area contributed by atoms with Gasteiger partial charge in [-0.15, -0.1) is 11.3 Å². The minimum absolute atomic E-state index is 0.0779. The van der Waals surface area contributed by atoms with Crippen molar-refractivity contribution in [3.05, 3.63) is 81.5 Å². The molecule has 2 aromatic carbocycles. The molecule has 8 heteroatoms. The molecule has 7 nitrogen and oxygen atoms in total. The zero-order valence-electron chi connectivity index (χ0n) is 19.9. The van der Waals surface area contributed by atoms with Gasteiger partial charge in [-0.05, 0) is 48.2 Å². The summed E-state index contributed by atoms with van der Waals surface area (Å²) in [5.74, 6) is -1.80. The van der Waals surface area contributed by atoms with E-state index in [4.69, 9.17) is 4.74 Å². The van der Waals surface area contributed by atoms with E-state index in [1.54, 1.807) is 18.4 Å². The van der Waals surface area contributed by atoms with Crippen LogP contribution in [0, 0.1) is 6.92 Å². The lowest BCUT2D eigenvalue weighted by molar-refractivity contribution is -0.142. The summed E-state index contributed by atoms with van der Waals surface area (Å²) in [6, 6.07) is 18.4. The number of alkyl carbamates (subject to hydrolysis) is 1. The molecule has 2 unspecified atom stereocenters. The Labute approximate surface area is 208 Å². The topological polar surface area (TPSA) is 95.9 Å². The van der Waals surface area contributed by atoms with Crippen LogP contribution < -0.4 is 5.32 Å². The highest BCUT2D eigenvalue weighted by atomic mass is 32.1. The van der Waals surface area contributed by atoms with Crippen molar-refractivity contribution in [2.75, 3.05) is 13.7 Å². The fraction of sp³-hybridized carbons (Fsp3) is 0.296. The van der Waals surface area contributed by atoms with E-state index < -0.39 is 30.4 Å². The van der Waals surface area contributed by atoms with Crippen LogP contribution in [0.25, 0.3) is 11.1 Å². The van der Waals surface area contributed by atoms with Crippen LogP contribution in [0.5, 0.6) is 0 Å². The maximum Gasteiger partial charge on any atom is 0.407 e. The number of carbonyl (C=O) groups is 3. The third-order valence-corrected chi connectivity index (χ3v) is 7.59. The van der Waals surface area contributed by atoms with Gasteiger partial charge in [-0.1, -0.05) is 48.5 Å². The molecule has 0 saturated carbocycles. The quantitative estimate of drug-likeness (QED) is 0.464. The minimum Gasteiger partial charge on any atom is -0.481 e. The molecule has 4 rings (SSSR count). The number of amides is 2. The van der Waals surface area contributed by atoms with Gasteiger partial charge in [0.25, 0.3) is 0 Å². The van der Waals surface area contributed by atoms with Crippen LogP contribution in [0.1, 0.15) is 46.2 Å². The van der Waals surface area contributed by atoms with Gasteiger partial charge in [0.2, 0.25) is 5.91 Å². The van der Waals surface area contributed by atoms with Gasteiger partial charge < -0.3 is 20.1 Å². The van der Waals surface area contributed by atoms with Gasteiger partial charge in [-0.2, -0.15) is 0 Å². The summed E-state index contributed by atoms with van der Waals surface area (Å²) in [4.78, 5) is 40.8. The van der Waals surface area contributed by atoms with Crippen molar-refractivity contribution in [3.63, 3.8) is 0 Å². The number of hydrogen-bond donors (Lipinski definition) is 2. The lowest BCUT2D eigenvalue weighted by Crippen LogP contribution is -2.49. The summed E-state index contributed by atoms with van der Waals surface area (Å²) in [5, 5.41) is 11.8. The molecule has 0 aliphatic heterocycles. The SMILES string of the molecule is Cc1ccc(C(C)N(C)C(=O)C(CC(=O)O)NC(=O)OCC2c3ccccc3-c3ccccc32)s1. The number of carboxylic acid groups (broad SMARTS) is 1. The number of rotatable bonds is 8. The van der Waals surface area contributed by atoms with Crippen molar-refractivity contribution >= 4 is 29.3 Å². The second-order valence-electron chi connectivity index (χ2n) is 8.69. The van der Waals surface area contributed by atoms with E-state index in [1.165, 1.54) is 4.90 Å². The number of fused-ring (bicyclic) bond motifs is 3. The van der Waals surface area contributed by atoms with Gasteiger partial charge in [-0.25, -0.2) is 4.79 Å². The number of thiophene rings is 1. The average molecular weight is 493 g/mol. The van der Waals surface area contributed by atoms with Gasteiger partial charge in [0.15, 0.2) is 0 Å². The van der Waals surface area contributed by atoms with E-state index in [0.717, 1.165) is 32.0 Å². The highest BCUT2D eigenvalue weighted by Crippen LogP contribution is 2.44. The summed E-state index contributed by atoms with van der Waals surface area (Å²) in [6.45, 7) is 3.93. The maximum absolute atomic E-state index is 13.1. The van der Waals surface area contributed by atoms with E-state index in [-0.39, 0.29) is 18.6 Å². The van der Waals surface area contributed by atoms with E-state index in [0.29, 0.717) is 0 Å². The fourth-order valence-corrected chi connectivity index (χ4v) is 5.44. The lowest BCUT2D eigenvalue weighted by Gasteiger charge is -2.28. The van der Waals surface area contributed by atoms with Crippen molar-refractivity contribution in [1.29, 1.82) is 0 Å². The summed E-state index contributed by atoms with van der Waals surface area (Å²) < 4.78 is 5.52. The Morgan fingerprint density at radius 1 is 1.03 bits per heavy atom. The first-order valence-electron chi connectivity index (χ1n) is 11.4. The standard InChI is InChI=1S/C27H28N2O5S/c1-16-12-13-24(35-16)17(2)29(3)26(32)23(14-25(30)31)28-27(33)34-15-22-20-10-6-4-8-18(20)19-9-5-7-11-21(19)22/h4-13,17,22-23H,14-15H2,1-3H3,(H,28,33)(H,30,31). The van der Waals surface area contributed by atoms with Crippen LogP contribution in [0.4, 0.5) is 4.79 Å². The predicted octanol–water partition coefficient (Wildman–Crippen LogP) is 4.96. The van der Waals surface area contributed by atoms with Gasteiger partial charge in [0.05, 0.1) is 12.5 Å². The first kappa shape index (κ1) is 24.5. The zero-order valence-corrected chi connectivity index (χ0v) is 20.7. The number of aryl methyl sites for hydroxylation is 1. The van der Waals surface area contributed by atoms with Crippen LogP contribution in [0.3, 0.4) is 0 Å². The normalized spacial score (nSPS) is 13.9. The Morgan fingerprint density at radius 2 is 1.63 bits per heavy atom. The molecule has 0 radical (unpaired) electrons.